The summed E-state index contributed by atoms with van der Waals surface area (Å²) in [5.41, 5.74) is 4.36. The van der Waals surface area contributed by atoms with Crippen molar-refractivity contribution in [3.8, 4) is 5.75 Å². The van der Waals surface area contributed by atoms with Gasteiger partial charge in [0.1, 0.15) is 11.6 Å². The van der Waals surface area contributed by atoms with E-state index in [-0.39, 0.29) is 0 Å². The number of fused-ring (bicyclic) bond motifs is 1. The minimum absolute atomic E-state index is 0.597. The van der Waals surface area contributed by atoms with Crippen LogP contribution in [0.1, 0.15) is 24.0 Å². The number of methoxy groups -OCH3 is 1. The molecule has 2 heterocycles. The van der Waals surface area contributed by atoms with Gasteiger partial charge in [-0.1, -0.05) is 12.1 Å². The Labute approximate surface area is 177 Å². The molecule has 0 aliphatic carbocycles. The number of pyridine rings is 1. The molecule has 1 saturated heterocycles. The summed E-state index contributed by atoms with van der Waals surface area (Å²) in [5.74, 6) is 1.94. The second-order valence-electron chi connectivity index (χ2n) is 7.38. The van der Waals surface area contributed by atoms with Gasteiger partial charge < -0.3 is 20.3 Å². The summed E-state index contributed by atoms with van der Waals surface area (Å²) in [6, 6.07) is 16.4. The van der Waals surface area contributed by atoms with Crippen molar-refractivity contribution in [1.82, 2.24) is 10.3 Å². The lowest BCUT2D eigenvalue weighted by Gasteiger charge is -2.18. The Hall–Kier alpha value is -2.86. The zero-order chi connectivity index (χ0) is 20.2. The number of hydrogen-bond acceptors (Lipinski definition) is 4. The minimum Gasteiger partial charge on any atom is -0.497 e. The first-order chi connectivity index (χ1) is 14.1. The van der Waals surface area contributed by atoms with Crippen LogP contribution in [0.5, 0.6) is 5.75 Å². The molecule has 0 saturated carbocycles. The van der Waals surface area contributed by atoms with Crippen LogP contribution in [0.4, 0.5) is 11.5 Å². The fourth-order valence-electron chi connectivity index (χ4n) is 3.66. The summed E-state index contributed by atoms with van der Waals surface area (Å²) in [5, 5.41) is 8.28. The molecule has 2 N–H and O–H groups in total. The molecule has 0 spiro atoms. The van der Waals surface area contributed by atoms with Crippen molar-refractivity contribution >= 4 is 39.7 Å². The third kappa shape index (κ3) is 4.59. The summed E-state index contributed by atoms with van der Waals surface area (Å²) >= 11 is 5.46. The highest BCUT2D eigenvalue weighted by molar-refractivity contribution is 7.80. The third-order valence-corrected chi connectivity index (χ3v) is 5.55. The monoisotopic (exact) mass is 406 g/mol. The van der Waals surface area contributed by atoms with Crippen molar-refractivity contribution in [3.63, 3.8) is 0 Å². The fourth-order valence-corrected chi connectivity index (χ4v) is 3.85. The van der Waals surface area contributed by atoms with Gasteiger partial charge in [-0.15, -0.1) is 0 Å². The summed E-state index contributed by atoms with van der Waals surface area (Å²) in [4.78, 5) is 7.24. The molecule has 0 amide bonds. The smallest absolute Gasteiger partial charge is 0.171 e. The normalized spacial score (nSPS) is 13.5. The molecular formula is C23H26N4OS. The van der Waals surface area contributed by atoms with E-state index >= 15 is 0 Å². The third-order valence-electron chi connectivity index (χ3n) is 5.30. The summed E-state index contributed by atoms with van der Waals surface area (Å²) in [6.45, 7) is 5.01. The maximum Gasteiger partial charge on any atom is 0.171 e. The van der Waals surface area contributed by atoms with E-state index in [2.05, 4.69) is 40.7 Å². The number of anilines is 2. The molecule has 29 heavy (non-hydrogen) atoms. The van der Waals surface area contributed by atoms with Crippen LogP contribution in [-0.4, -0.2) is 30.3 Å². The molecule has 1 fully saturated rings. The second-order valence-corrected chi connectivity index (χ2v) is 7.79. The van der Waals surface area contributed by atoms with Crippen molar-refractivity contribution in [2.24, 2.45) is 0 Å². The zero-order valence-electron chi connectivity index (χ0n) is 16.9. The van der Waals surface area contributed by atoms with Crippen LogP contribution < -0.4 is 20.3 Å². The van der Waals surface area contributed by atoms with Crippen molar-refractivity contribution < 1.29 is 4.74 Å². The Morgan fingerprint density at radius 1 is 1.10 bits per heavy atom. The van der Waals surface area contributed by atoms with Gasteiger partial charge in [0, 0.05) is 30.7 Å². The molecule has 0 radical (unpaired) electrons. The lowest BCUT2D eigenvalue weighted by molar-refractivity contribution is 0.414. The number of hydrogen-bond donors (Lipinski definition) is 2. The zero-order valence-corrected chi connectivity index (χ0v) is 17.7. The summed E-state index contributed by atoms with van der Waals surface area (Å²) in [6.07, 6.45) is 2.51. The van der Waals surface area contributed by atoms with Crippen LogP contribution in [0.2, 0.25) is 0 Å². The molecule has 5 nitrogen and oxygen atoms in total. The number of rotatable bonds is 5. The summed E-state index contributed by atoms with van der Waals surface area (Å²) in [7, 11) is 1.67. The highest BCUT2D eigenvalue weighted by Gasteiger charge is 2.15. The van der Waals surface area contributed by atoms with Gasteiger partial charge in [-0.25, -0.2) is 4.98 Å². The molecule has 1 aromatic heterocycles. The lowest BCUT2D eigenvalue weighted by Crippen LogP contribution is -2.27. The maximum atomic E-state index is 5.46. The van der Waals surface area contributed by atoms with Gasteiger partial charge in [-0.05, 0) is 79.5 Å². The molecule has 1 aliphatic rings. The van der Waals surface area contributed by atoms with Crippen molar-refractivity contribution in [2.45, 2.75) is 26.3 Å². The van der Waals surface area contributed by atoms with E-state index in [1.165, 1.54) is 18.4 Å². The van der Waals surface area contributed by atoms with Gasteiger partial charge in [0.15, 0.2) is 5.11 Å². The molecule has 3 aromatic rings. The van der Waals surface area contributed by atoms with Crippen LogP contribution >= 0.6 is 12.2 Å². The van der Waals surface area contributed by atoms with Crippen LogP contribution in [0, 0.1) is 6.92 Å². The topological polar surface area (TPSA) is 49.4 Å². The average Bonchev–Trinajstić information content (AvgIpc) is 3.28. The molecular weight excluding hydrogens is 380 g/mol. The highest BCUT2D eigenvalue weighted by atomic mass is 32.1. The van der Waals surface area contributed by atoms with E-state index in [4.69, 9.17) is 21.9 Å². The van der Waals surface area contributed by atoms with Crippen LogP contribution in [0.25, 0.3) is 10.9 Å². The molecule has 6 heteroatoms. The number of thiocarbonyl (C=S) groups is 1. The number of nitrogens with zero attached hydrogens (tertiary/aromatic N) is 2. The first-order valence-electron chi connectivity index (χ1n) is 9.96. The highest BCUT2D eigenvalue weighted by Crippen LogP contribution is 2.27. The molecule has 4 rings (SSSR count). The molecule has 0 atom stereocenters. The standard InChI is InChI=1S/C23H26N4OS/c1-16-13-22(27-11-3-4-12-27)26-21-10-7-18(14-20(16)21)25-23(29)24-15-17-5-8-19(28-2)9-6-17/h5-10,13-14H,3-4,11-12,15H2,1-2H3,(H2,24,25,29). The molecule has 0 unspecified atom stereocenters. The number of aromatic nitrogens is 1. The predicted molar refractivity (Wildman–Crippen MR) is 124 cm³/mol. The Morgan fingerprint density at radius 2 is 1.86 bits per heavy atom. The van der Waals surface area contributed by atoms with Gasteiger partial charge in [-0.3, -0.25) is 0 Å². The Kier molecular flexibility index (Phi) is 5.81. The SMILES string of the molecule is COc1ccc(CNC(=S)Nc2ccc3nc(N4CCCC4)cc(C)c3c2)cc1. The van der Waals surface area contributed by atoms with E-state index in [0.717, 1.165) is 46.8 Å². The summed E-state index contributed by atoms with van der Waals surface area (Å²) < 4.78 is 5.19. The molecule has 0 bridgehead atoms. The average molecular weight is 407 g/mol. The number of nitrogens with one attached hydrogen (secondary N) is 2. The van der Waals surface area contributed by atoms with Gasteiger partial charge in [0.25, 0.3) is 0 Å². The van der Waals surface area contributed by atoms with E-state index in [9.17, 15) is 0 Å². The van der Waals surface area contributed by atoms with Crippen LogP contribution in [0.15, 0.2) is 48.5 Å². The van der Waals surface area contributed by atoms with Crippen LogP contribution in [0.3, 0.4) is 0 Å². The first-order valence-corrected chi connectivity index (χ1v) is 10.4. The predicted octanol–water partition coefficient (Wildman–Crippen LogP) is 4.64. The molecule has 1 aliphatic heterocycles. The quantitative estimate of drug-likeness (QED) is 0.602. The maximum absolute atomic E-state index is 5.46. The van der Waals surface area contributed by atoms with E-state index < -0.39 is 0 Å². The van der Waals surface area contributed by atoms with E-state index in [0.29, 0.717) is 11.7 Å². The Morgan fingerprint density at radius 3 is 2.59 bits per heavy atom. The van der Waals surface area contributed by atoms with Crippen molar-refractivity contribution in [2.75, 3.05) is 30.4 Å². The van der Waals surface area contributed by atoms with E-state index in [1.54, 1.807) is 7.11 Å². The number of aryl methyl sites for hydroxylation is 1. The van der Waals surface area contributed by atoms with Crippen LogP contribution in [-0.2, 0) is 6.54 Å². The van der Waals surface area contributed by atoms with Crippen molar-refractivity contribution in [3.05, 3.63) is 59.7 Å². The van der Waals surface area contributed by atoms with Gasteiger partial charge >= 0.3 is 0 Å². The molecule has 150 valence electrons. The van der Waals surface area contributed by atoms with Gasteiger partial charge in [0.05, 0.1) is 12.6 Å². The minimum atomic E-state index is 0.597. The van der Waals surface area contributed by atoms with Gasteiger partial charge in [-0.2, -0.15) is 0 Å². The Balaban J connectivity index is 1.42. The van der Waals surface area contributed by atoms with Gasteiger partial charge in [0.2, 0.25) is 0 Å². The molecule has 2 aromatic carbocycles. The second kappa shape index (κ2) is 8.66. The lowest BCUT2D eigenvalue weighted by atomic mass is 10.1. The Bertz CT molecular complexity index is 1010. The van der Waals surface area contributed by atoms with Crippen molar-refractivity contribution in [1.29, 1.82) is 0 Å². The largest absolute Gasteiger partial charge is 0.497 e. The fraction of sp³-hybridized carbons (Fsp3) is 0.304. The number of benzene rings is 2. The first kappa shape index (κ1) is 19.5. The number of ether oxygens (including phenoxy) is 1. The van der Waals surface area contributed by atoms with E-state index in [1.807, 2.05) is 30.3 Å².